The van der Waals surface area contributed by atoms with E-state index in [4.69, 9.17) is 4.42 Å². The van der Waals surface area contributed by atoms with Gasteiger partial charge in [-0.25, -0.2) is 0 Å². The van der Waals surface area contributed by atoms with Gasteiger partial charge >= 0.3 is 6.01 Å². The quantitative estimate of drug-likeness (QED) is 0.913. The largest absolute Gasteiger partial charge is 0.406 e. The molecule has 1 fully saturated rings. The van der Waals surface area contributed by atoms with E-state index >= 15 is 0 Å². The number of aromatic nitrogens is 2. The Morgan fingerprint density at radius 3 is 2.63 bits per heavy atom. The van der Waals surface area contributed by atoms with Crippen molar-refractivity contribution >= 4 is 11.7 Å². The number of nitrogens with zero attached hydrogens (tertiary/aromatic N) is 3. The molecule has 19 heavy (non-hydrogen) atoms. The molecular formula is C14H18N4O. The van der Waals surface area contributed by atoms with Crippen molar-refractivity contribution < 1.29 is 4.42 Å². The van der Waals surface area contributed by atoms with Crippen LogP contribution in [-0.4, -0.2) is 23.3 Å². The third-order valence-electron chi connectivity index (χ3n) is 3.30. The SMILES string of the molecule is c1ccc(NCc2nnc(N3CCCCC3)o2)cc1. The summed E-state index contributed by atoms with van der Waals surface area (Å²) in [5, 5.41) is 11.5. The van der Waals surface area contributed by atoms with Gasteiger partial charge in [0.25, 0.3) is 0 Å². The molecule has 3 rings (SSSR count). The van der Waals surface area contributed by atoms with Crippen molar-refractivity contribution in [3.8, 4) is 0 Å². The molecule has 0 saturated carbocycles. The number of anilines is 2. The van der Waals surface area contributed by atoms with Crippen LogP contribution in [0, 0.1) is 0 Å². The first kappa shape index (κ1) is 12.0. The van der Waals surface area contributed by atoms with Gasteiger partial charge in [-0.1, -0.05) is 23.3 Å². The minimum absolute atomic E-state index is 0.560. The Kier molecular flexibility index (Phi) is 3.63. The minimum Gasteiger partial charge on any atom is -0.406 e. The highest BCUT2D eigenvalue weighted by atomic mass is 16.4. The molecule has 1 aliphatic heterocycles. The van der Waals surface area contributed by atoms with Gasteiger partial charge in [-0.3, -0.25) is 0 Å². The molecule has 0 amide bonds. The van der Waals surface area contributed by atoms with Crippen LogP contribution in [0.25, 0.3) is 0 Å². The number of hydrogen-bond donors (Lipinski definition) is 1. The van der Waals surface area contributed by atoms with E-state index in [2.05, 4.69) is 20.4 Å². The Bertz CT molecular complexity index is 505. The predicted molar refractivity (Wildman–Crippen MR) is 74.1 cm³/mol. The lowest BCUT2D eigenvalue weighted by atomic mass is 10.1. The molecule has 100 valence electrons. The monoisotopic (exact) mass is 258 g/mol. The molecule has 5 nitrogen and oxygen atoms in total. The van der Waals surface area contributed by atoms with Crippen molar-refractivity contribution in [1.29, 1.82) is 0 Å². The standard InChI is InChI=1S/C14H18N4O/c1-3-7-12(8-4-1)15-11-13-16-17-14(19-13)18-9-5-2-6-10-18/h1,3-4,7-8,15H,2,5-6,9-11H2. The molecule has 1 saturated heterocycles. The lowest BCUT2D eigenvalue weighted by Crippen LogP contribution is -2.29. The fraction of sp³-hybridized carbons (Fsp3) is 0.429. The maximum Gasteiger partial charge on any atom is 0.318 e. The van der Waals surface area contributed by atoms with Crippen molar-refractivity contribution in [2.45, 2.75) is 25.8 Å². The van der Waals surface area contributed by atoms with E-state index in [9.17, 15) is 0 Å². The Balaban J connectivity index is 1.58. The van der Waals surface area contributed by atoms with E-state index < -0.39 is 0 Å². The molecule has 0 unspecified atom stereocenters. The van der Waals surface area contributed by atoms with Gasteiger partial charge in [0, 0.05) is 18.8 Å². The molecule has 1 aromatic carbocycles. The number of rotatable bonds is 4. The van der Waals surface area contributed by atoms with Crippen LogP contribution in [0.4, 0.5) is 11.7 Å². The van der Waals surface area contributed by atoms with Crippen molar-refractivity contribution in [3.05, 3.63) is 36.2 Å². The lowest BCUT2D eigenvalue weighted by Gasteiger charge is -2.24. The van der Waals surface area contributed by atoms with Gasteiger partial charge in [0.1, 0.15) is 0 Å². The maximum absolute atomic E-state index is 5.69. The first-order chi connectivity index (χ1) is 9.42. The molecule has 1 aliphatic rings. The predicted octanol–water partition coefficient (Wildman–Crippen LogP) is 2.67. The van der Waals surface area contributed by atoms with Gasteiger partial charge in [0.15, 0.2) is 0 Å². The zero-order valence-corrected chi connectivity index (χ0v) is 10.9. The average molecular weight is 258 g/mol. The van der Waals surface area contributed by atoms with Crippen molar-refractivity contribution in [2.24, 2.45) is 0 Å². The summed E-state index contributed by atoms with van der Waals surface area (Å²) in [6.07, 6.45) is 3.72. The summed E-state index contributed by atoms with van der Waals surface area (Å²) < 4.78 is 5.69. The first-order valence-electron chi connectivity index (χ1n) is 6.78. The lowest BCUT2D eigenvalue weighted by molar-refractivity contribution is 0.465. The van der Waals surface area contributed by atoms with E-state index in [-0.39, 0.29) is 0 Å². The molecule has 0 atom stereocenters. The summed E-state index contributed by atoms with van der Waals surface area (Å²) in [5.74, 6) is 0.629. The van der Waals surface area contributed by atoms with Gasteiger partial charge in [-0.05, 0) is 31.4 Å². The second-order valence-corrected chi connectivity index (χ2v) is 4.75. The summed E-state index contributed by atoms with van der Waals surface area (Å²) in [6, 6.07) is 10.7. The van der Waals surface area contributed by atoms with Gasteiger partial charge in [-0.15, -0.1) is 5.10 Å². The summed E-state index contributed by atoms with van der Waals surface area (Å²) in [7, 11) is 0. The Morgan fingerprint density at radius 1 is 1.05 bits per heavy atom. The number of nitrogens with one attached hydrogen (secondary N) is 1. The van der Waals surface area contributed by atoms with Crippen LogP contribution >= 0.6 is 0 Å². The summed E-state index contributed by atoms with van der Waals surface area (Å²) >= 11 is 0. The van der Waals surface area contributed by atoms with Crippen LogP contribution in [0.2, 0.25) is 0 Å². The molecule has 0 spiro atoms. The Labute approximate surface area is 112 Å². The van der Waals surface area contributed by atoms with Gasteiger partial charge in [0.05, 0.1) is 6.54 Å². The van der Waals surface area contributed by atoms with Gasteiger partial charge in [0.2, 0.25) is 5.89 Å². The molecule has 0 radical (unpaired) electrons. The van der Waals surface area contributed by atoms with E-state index in [1.165, 1.54) is 19.3 Å². The zero-order valence-electron chi connectivity index (χ0n) is 10.9. The Morgan fingerprint density at radius 2 is 1.84 bits per heavy atom. The molecular weight excluding hydrogens is 240 g/mol. The van der Waals surface area contributed by atoms with Crippen LogP contribution < -0.4 is 10.2 Å². The normalized spacial score (nSPS) is 15.5. The van der Waals surface area contributed by atoms with Crippen LogP contribution in [0.5, 0.6) is 0 Å². The molecule has 5 heteroatoms. The summed E-state index contributed by atoms with van der Waals surface area (Å²) in [5.41, 5.74) is 1.06. The molecule has 2 heterocycles. The highest BCUT2D eigenvalue weighted by molar-refractivity contribution is 5.42. The number of benzene rings is 1. The second-order valence-electron chi connectivity index (χ2n) is 4.75. The summed E-state index contributed by atoms with van der Waals surface area (Å²) in [6.45, 7) is 2.60. The van der Waals surface area contributed by atoms with Crippen molar-refractivity contribution in [2.75, 3.05) is 23.3 Å². The van der Waals surface area contributed by atoms with E-state index in [1.807, 2.05) is 30.3 Å². The average Bonchev–Trinajstić information content (AvgIpc) is 2.96. The first-order valence-corrected chi connectivity index (χ1v) is 6.78. The topological polar surface area (TPSA) is 54.2 Å². The zero-order chi connectivity index (χ0) is 12.9. The molecule has 1 aromatic heterocycles. The van der Waals surface area contributed by atoms with Crippen LogP contribution in [-0.2, 0) is 6.54 Å². The number of piperidine rings is 1. The minimum atomic E-state index is 0.560. The number of hydrogen-bond acceptors (Lipinski definition) is 5. The molecule has 0 aliphatic carbocycles. The van der Waals surface area contributed by atoms with E-state index in [0.29, 0.717) is 18.5 Å². The van der Waals surface area contributed by atoms with Crippen molar-refractivity contribution in [3.63, 3.8) is 0 Å². The Hall–Kier alpha value is -2.04. The second kappa shape index (κ2) is 5.73. The number of para-hydroxylation sites is 1. The smallest absolute Gasteiger partial charge is 0.318 e. The maximum atomic E-state index is 5.69. The van der Waals surface area contributed by atoms with Crippen LogP contribution in [0.15, 0.2) is 34.7 Å². The fourth-order valence-corrected chi connectivity index (χ4v) is 2.26. The highest BCUT2D eigenvalue weighted by Crippen LogP contribution is 2.18. The molecule has 1 N–H and O–H groups in total. The van der Waals surface area contributed by atoms with E-state index in [1.54, 1.807) is 0 Å². The van der Waals surface area contributed by atoms with Crippen molar-refractivity contribution in [1.82, 2.24) is 10.2 Å². The van der Waals surface area contributed by atoms with E-state index in [0.717, 1.165) is 18.8 Å². The van der Waals surface area contributed by atoms with Crippen LogP contribution in [0.1, 0.15) is 25.2 Å². The molecule has 2 aromatic rings. The summed E-state index contributed by atoms with van der Waals surface area (Å²) in [4.78, 5) is 2.17. The third-order valence-corrected chi connectivity index (χ3v) is 3.30. The fourth-order valence-electron chi connectivity index (χ4n) is 2.26. The van der Waals surface area contributed by atoms with Crippen LogP contribution in [0.3, 0.4) is 0 Å². The van der Waals surface area contributed by atoms with Gasteiger partial charge < -0.3 is 14.6 Å². The highest BCUT2D eigenvalue weighted by Gasteiger charge is 2.16. The third kappa shape index (κ3) is 3.05. The molecule has 0 bridgehead atoms. The van der Waals surface area contributed by atoms with Gasteiger partial charge in [-0.2, -0.15) is 0 Å².